The average molecular weight is 410 g/mol. The SMILES string of the molecule is CCOC(=O)c1nc(OC(F)(F)F)cc(I)c1CCl. The van der Waals surface area contributed by atoms with Gasteiger partial charge < -0.3 is 9.47 Å². The van der Waals surface area contributed by atoms with Crippen molar-refractivity contribution in [1.29, 1.82) is 0 Å². The molecular formula is C10H8ClF3INO3. The van der Waals surface area contributed by atoms with Crippen molar-refractivity contribution in [2.45, 2.75) is 19.2 Å². The lowest BCUT2D eigenvalue weighted by Crippen LogP contribution is -2.20. The molecule has 0 atom stereocenters. The van der Waals surface area contributed by atoms with Gasteiger partial charge in [0.05, 0.1) is 12.5 Å². The fraction of sp³-hybridized carbons (Fsp3) is 0.400. The molecule has 0 aliphatic heterocycles. The minimum atomic E-state index is -4.88. The highest BCUT2D eigenvalue weighted by Gasteiger charge is 2.33. The second-order valence-corrected chi connectivity index (χ2v) is 4.60. The van der Waals surface area contributed by atoms with Gasteiger partial charge in [0, 0.05) is 15.2 Å². The number of hydrogen-bond donors (Lipinski definition) is 0. The fourth-order valence-corrected chi connectivity index (χ4v) is 2.39. The van der Waals surface area contributed by atoms with Gasteiger partial charge in [-0.2, -0.15) is 0 Å². The molecule has 9 heteroatoms. The first kappa shape index (κ1) is 16.3. The van der Waals surface area contributed by atoms with Crippen molar-refractivity contribution in [1.82, 2.24) is 4.98 Å². The Morgan fingerprint density at radius 3 is 2.63 bits per heavy atom. The van der Waals surface area contributed by atoms with Crippen molar-refractivity contribution >= 4 is 40.2 Å². The maximum Gasteiger partial charge on any atom is 0.574 e. The number of carbonyl (C=O) groups excluding carboxylic acids is 1. The van der Waals surface area contributed by atoms with Crippen LogP contribution in [0.4, 0.5) is 13.2 Å². The quantitative estimate of drug-likeness (QED) is 0.434. The summed E-state index contributed by atoms with van der Waals surface area (Å²) in [6, 6.07) is 1.05. The van der Waals surface area contributed by atoms with Crippen LogP contribution in [0.1, 0.15) is 23.0 Å². The van der Waals surface area contributed by atoms with Crippen LogP contribution in [0.3, 0.4) is 0 Å². The number of halogens is 5. The standard InChI is InChI=1S/C10H8ClF3INO3/c1-2-18-9(17)8-5(4-11)6(15)3-7(16-8)19-10(12,13)14/h3H,2,4H2,1H3. The fourth-order valence-electron chi connectivity index (χ4n) is 1.18. The van der Waals surface area contributed by atoms with Gasteiger partial charge in [0.25, 0.3) is 0 Å². The third-order valence-electron chi connectivity index (χ3n) is 1.87. The van der Waals surface area contributed by atoms with Crippen molar-refractivity contribution in [3.63, 3.8) is 0 Å². The number of carbonyl (C=O) groups is 1. The highest BCUT2D eigenvalue weighted by Crippen LogP contribution is 2.27. The molecule has 0 N–H and O–H groups in total. The van der Waals surface area contributed by atoms with Crippen molar-refractivity contribution in [3.05, 3.63) is 20.9 Å². The van der Waals surface area contributed by atoms with Gasteiger partial charge in [-0.1, -0.05) is 0 Å². The summed E-state index contributed by atoms with van der Waals surface area (Å²) in [4.78, 5) is 15.1. The Morgan fingerprint density at radius 2 is 2.16 bits per heavy atom. The molecule has 106 valence electrons. The van der Waals surface area contributed by atoms with Crippen LogP contribution < -0.4 is 4.74 Å². The van der Waals surface area contributed by atoms with E-state index in [4.69, 9.17) is 16.3 Å². The lowest BCUT2D eigenvalue weighted by Gasteiger charge is -2.12. The predicted molar refractivity (Wildman–Crippen MR) is 69.2 cm³/mol. The second kappa shape index (κ2) is 6.60. The van der Waals surface area contributed by atoms with Crippen molar-refractivity contribution < 1.29 is 27.4 Å². The summed E-state index contributed by atoms with van der Waals surface area (Å²) in [5.41, 5.74) is 0.0261. The summed E-state index contributed by atoms with van der Waals surface area (Å²) in [5.74, 6) is -1.65. The van der Waals surface area contributed by atoms with Crippen LogP contribution in [0.25, 0.3) is 0 Å². The molecule has 1 rings (SSSR count). The van der Waals surface area contributed by atoms with Crippen LogP contribution >= 0.6 is 34.2 Å². The van der Waals surface area contributed by atoms with E-state index in [9.17, 15) is 18.0 Å². The van der Waals surface area contributed by atoms with Crippen LogP contribution in [0.5, 0.6) is 5.88 Å². The maximum atomic E-state index is 12.1. The van der Waals surface area contributed by atoms with E-state index in [1.807, 2.05) is 0 Å². The van der Waals surface area contributed by atoms with E-state index in [-0.39, 0.29) is 18.2 Å². The molecule has 0 aliphatic rings. The zero-order valence-electron chi connectivity index (χ0n) is 9.55. The predicted octanol–water partition coefficient (Wildman–Crippen LogP) is 3.50. The number of hydrogen-bond acceptors (Lipinski definition) is 4. The van der Waals surface area contributed by atoms with Gasteiger partial charge in [-0.15, -0.1) is 24.8 Å². The summed E-state index contributed by atoms with van der Waals surface area (Å²) < 4.78 is 45.1. The van der Waals surface area contributed by atoms with Gasteiger partial charge in [-0.25, -0.2) is 9.78 Å². The Balaban J connectivity index is 3.22. The van der Waals surface area contributed by atoms with Gasteiger partial charge in [0.2, 0.25) is 5.88 Å². The number of ether oxygens (including phenoxy) is 2. The summed E-state index contributed by atoms with van der Waals surface area (Å²) in [5, 5.41) is 0. The Labute approximate surface area is 125 Å². The number of nitrogens with zero attached hydrogens (tertiary/aromatic N) is 1. The van der Waals surface area contributed by atoms with Gasteiger partial charge >= 0.3 is 12.3 Å². The van der Waals surface area contributed by atoms with E-state index in [2.05, 4.69) is 9.72 Å². The van der Waals surface area contributed by atoms with Crippen molar-refractivity contribution in [3.8, 4) is 5.88 Å². The highest BCUT2D eigenvalue weighted by atomic mass is 127. The summed E-state index contributed by atoms with van der Waals surface area (Å²) in [6.45, 7) is 1.64. The molecule has 4 nitrogen and oxygen atoms in total. The summed E-state index contributed by atoms with van der Waals surface area (Å²) >= 11 is 7.40. The van der Waals surface area contributed by atoms with Crippen LogP contribution in [-0.2, 0) is 10.6 Å². The van der Waals surface area contributed by atoms with E-state index >= 15 is 0 Å². The Kier molecular flexibility index (Phi) is 5.65. The van der Waals surface area contributed by atoms with Crippen LogP contribution in [0.15, 0.2) is 6.07 Å². The smallest absolute Gasteiger partial charge is 0.461 e. The van der Waals surface area contributed by atoms with Crippen LogP contribution in [0, 0.1) is 3.57 Å². The molecular weight excluding hydrogens is 401 g/mol. The Hall–Kier alpha value is -0.770. The molecule has 0 aromatic carbocycles. The third kappa shape index (κ3) is 4.68. The second-order valence-electron chi connectivity index (χ2n) is 3.17. The van der Waals surface area contributed by atoms with Gasteiger partial charge in [0.1, 0.15) is 0 Å². The third-order valence-corrected chi connectivity index (χ3v) is 3.10. The molecule has 0 spiro atoms. The lowest BCUT2D eigenvalue weighted by molar-refractivity contribution is -0.276. The molecule has 0 aliphatic carbocycles. The van der Waals surface area contributed by atoms with Gasteiger partial charge in [0.15, 0.2) is 5.69 Å². The Morgan fingerprint density at radius 1 is 1.53 bits per heavy atom. The minimum absolute atomic E-state index is 0.0726. The van der Waals surface area contributed by atoms with Crippen molar-refractivity contribution in [2.24, 2.45) is 0 Å². The average Bonchev–Trinajstić information content (AvgIpc) is 2.26. The van der Waals surface area contributed by atoms with Crippen LogP contribution in [-0.4, -0.2) is 23.9 Å². The molecule has 0 radical (unpaired) electrons. The van der Waals surface area contributed by atoms with Gasteiger partial charge in [-0.3, -0.25) is 0 Å². The van der Waals surface area contributed by atoms with E-state index in [0.717, 1.165) is 6.07 Å². The lowest BCUT2D eigenvalue weighted by atomic mass is 10.2. The first-order chi connectivity index (χ1) is 8.78. The van der Waals surface area contributed by atoms with E-state index in [0.29, 0.717) is 9.13 Å². The number of alkyl halides is 4. The molecule has 1 heterocycles. The summed E-state index contributed by atoms with van der Waals surface area (Å²) in [7, 11) is 0. The Bertz CT molecular complexity index is 482. The minimum Gasteiger partial charge on any atom is -0.461 e. The van der Waals surface area contributed by atoms with Crippen molar-refractivity contribution in [2.75, 3.05) is 6.61 Å². The molecule has 19 heavy (non-hydrogen) atoms. The van der Waals surface area contributed by atoms with Crippen LogP contribution in [0.2, 0.25) is 0 Å². The molecule has 0 unspecified atom stereocenters. The number of aromatic nitrogens is 1. The monoisotopic (exact) mass is 409 g/mol. The topological polar surface area (TPSA) is 48.4 Å². The molecule has 1 aromatic rings. The first-order valence-electron chi connectivity index (χ1n) is 4.96. The first-order valence-corrected chi connectivity index (χ1v) is 6.58. The molecule has 0 fully saturated rings. The molecule has 0 amide bonds. The largest absolute Gasteiger partial charge is 0.574 e. The maximum absolute atomic E-state index is 12.1. The summed E-state index contributed by atoms with van der Waals surface area (Å²) in [6.07, 6.45) is -4.88. The van der Waals surface area contributed by atoms with E-state index < -0.39 is 18.2 Å². The molecule has 0 bridgehead atoms. The van der Waals surface area contributed by atoms with E-state index in [1.165, 1.54) is 0 Å². The number of esters is 1. The molecule has 0 saturated heterocycles. The number of pyridine rings is 1. The van der Waals surface area contributed by atoms with Gasteiger partial charge in [-0.05, 0) is 29.5 Å². The zero-order chi connectivity index (χ0) is 14.6. The van der Waals surface area contributed by atoms with E-state index in [1.54, 1.807) is 29.5 Å². The zero-order valence-corrected chi connectivity index (χ0v) is 12.5. The highest BCUT2D eigenvalue weighted by molar-refractivity contribution is 14.1. The normalized spacial score (nSPS) is 11.3. The molecule has 0 saturated carbocycles. The number of rotatable bonds is 4. The molecule has 1 aromatic heterocycles.